The molecular weight excluding hydrogens is 459 g/mol. The average molecular weight is 487 g/mol. The average Bonchev–Trinajstić information content (AvgIpc) is 2.60. The van der Waals surface area contributed by atoms with Gasteiger partial charge in [-0.05, 0) is 18.9 Å². The number of nitrogens with one attached hydrogen (secondary N) is 2. The zero-order valence-electron chi connectivity index (χ0n) is 15.2. The van der Waals surface area contributed by atoms with E-state index in [0.29, 0.717) is 37.9 Å². The zero-order valence-corrected chi connectivity index (χ0v) is 17.5. The summed E-state index contributed by atoms with van der Waals surface area (Å²) < 4.78 is 39.6. The third-order valence-corrected chi connectivity index (χ3v) is 3.30. The van der Waals surface area contributed by atoms with Crippen molar-refractivity contribution in [1.82, 2.24) is 10.6 Å². The van der Waals surface area contributed by atoms with Crippen LogP contribution in [-0.4, -0.2) is 53.1 Å². The van der Waals surface area contributed by atoms with E-state index >= 15 is 0 Å². The molecule has 1 rings (SSSR count). The Bertz CT molecular complexity index is 508. The van der Waals surface area contributed by atoms with E-state index in [4.69, 9.17) is 9.47 Å². The molecule has 26 heavy (non-hydrogen) atoms. The molecule has 1 aromatic rings. The summed E-state index contributed by atoms with van der Waals surface area (Å²) in [6.45, 7) is 0.129. The quantitative estimate of drug-likeness (QED) is 0.206. The van der Waals surface area contributed by atoms with Gasteiger partial charge in [0.1, 0.15) is 5.75 Å². The van der Waals surface area contributed by atoms with Gasteiger partial charge in [-0.1, -0.05) is 18.2 Å². The van der Waals surface area contributed by atoms with Gasteiger partial charge < -0.3 is 24.8 Å². The van der Waals surface area contributed by atoms with E-state index in [2.05, 4.69) is 20.4 Å². The van der Waals surface area contributed by atoms with Gasteiger partial charge in [0, 0.05) is 39.4 Å². The van der Waals surface area contributed by atoms with Crippen LogP contribution in [0.1, 0.15) is 18.4 Å². The number of unbranched alkanes of at least 4 members (excludes halogenated alkanes) is 1. The van der Waals surface area contributed by atoms with Crippen LogP contribution in [0.3, 0.4) is 0 Å². The Balaban J connectivity index is 0.00000625. The van der Waals surface area contributed by atoms with Crippen LogP contribution in [0.4, 0.5) is 8.78 Å². The van der Waals surface area contributed by atoms with Crippen molar-refractivity contribution in [2.24, 2.45) is 4.99 Å². The summed E-state index contributed by atoms with van der Waals surface area (Å²) in [7, 11) is 3.30. The van der Waals surface area contributed by atoms with Crippen molar-refractivity contribution in [2.75, 3.05) is 40.5 Å². The molecule has 0 atom stereocenters. The number of methoxy groups -OCH3 is 1. The maximum atomic E-state index is 12.4. The number of guanidine groups is 1. The van der Waals surface area contributed by atoms with Crippen LogP contribution in [0, 0.1) is 0 Å². The Kier molecular flexibility index (Phi) is 15.3. The second kappa shape index (κ2) is 16.0. The summed E-state index contributed by atoms with van der Waals surface area (Å²) in [6, 6.07) is 6.68. The SMILES string of the molecule is CN=C(NCCCCOCCOC)NCc1ccccc1OC(F)F.I. The summed E-state index contributed by atoms with van der Waals surface area (Å²) in [5, 5.41) is 6.26. The summed E-state index contributed by atoms with van der Waals surface area (Å²) in [5.74, 6) is 0.765. The maximum absolute atomic E-state index is 12.4. The van der Waals surface area contributed by atoms with Gasteiger partial charge in [-0.2, -0.15) is 8.78 Å². The fourth-order valence-electron chi connectivity index (χ4n) is 2.04. The molecule has 0 fully saturated rings. The minimum Gasteiger partial charge on any atom is -0.434 e. The van der Waals surface area contributed by atoms with Crippen molar-refractivity contribution in [3.8, 4) is 5.75 Å². The van der Waals surface area contributed by atoms with Gasteiger partial charge in [0.2, 0.25) is 0 Å². The second-order valence-electron chi connectivity index (χ2n) is 5.15. The number of rotatable bonds is 12. The maximum Gasteiger partial charge on any atom is 0.387 e. The molecule has 9 heteroatoms. The van der Waals surface area contributed by atoms with E-state index in [1.807, 2.05) is 0 Å². The van der Waals surface area contributed by atoms with Crippen molar-refractivity contribution in [1.29, 1.82) is 0 Å². The van der Waals surface area contributed by atoms with Crippen molar-refractivity contribution in [2.45, 2.75) is 26.0 Å². The van der Waals surface area contributed by atoms with E-state index < -0.39 is 6.61 Å². The van der Waals surface area contributed by atoms with Gasteiger partial charge in [-0.3, -0.25) is 4.99 Å². The molecule has 0 aliphatic rings. The largest absolute Gasteiger partial charge is 0.434 e. The monoisotopic (exact) mass is 487 g/mol. The van der Waals surface area contributed by atoms with Crippen molar-refractivity contribution in [3.63, 3.8) is 0 Å². The topological polar surface area (TPSA) is 64.1 Å². The fourth-order valence-corrected chi connectivity index (χ4v) is 2.04. The van der Waals surface area contributed by atoms with E-state index in [-0.39, 0.29) is 29.7 Å². The Morgan fingerprint density at radius 1 is 1.12 bits per heavy atom. The number of hydrogen-bond acceptors (Lipinski definition) is 4. The lowest BCUT2D eigenvalue weighted by Gasteiger charge is -2.14. The number of halogens is 3. The van der Waals surface area contributed by atoms with Crippen LogP contribution >= 0.6 is 24.0 Å². The molecule has 1 aromatic carbocycles. The van der Waals surface area contributed by atoms with Crippen molar-refractivity contribution >= 4 is 29.9 Å². The molecular formula is C17H28F2IN3O3. The van der Waals surface area contributed by atoms with E-state index in [1.165, 1.54) is 6.07 Å². The number of hydrogen-bond donors (Lipinski definition) is 2. The number of benzene rings is 1. The summed E-state index contributed by atoms with van der Waals surface area (Å²) in [6.07, 6.45) is 1.86. The molecule has 0 saturated carbocycles. The Morgan fingerprint density at radius 3 is 2.58 bits per heavy atom. The highest BCUT2D eigenvalue weighted by Gasteiger charge is 2.09. The first kappa shape index (κ1) is 24.8. The Hall–Kier alpha value is -1.20. The first-order valence-electron chi connectivity index (χ1n) is 8.21. The van der Waals surface area contributed by atoms with Gasteiger partial charge >= 0.3 is 6.61 Å². The standard InChI is InChI=1S/C17H27F2N3O3.HI/c1-20-17(21-9-5-6-10-24-12-11-23-2)22-13-14-7-3-4-8-15(14)25-16(18)19;/h3-4,7-8,16H,5-6,9-13H2,1-2H3,(H2,20,21,22);1H. The van der Waals surface area contributed by atoms with Crippen molar-refractivity contribution < 1.29 is 23.0 Å². The predicted octanol–water partition coefficient (Wildman–Crippen LogP) is 3.01. The first-order chi connectivity index (χ1) is 12.2. The number of aliphatic imine (C=N–C) groups is 1. The lowest BCUT2D eigenvalue weighted by molar-refractivity contribution is -0.0504. The van der Waals surface area contributed by atoms with E-state index in [0.717, 1.165) is 19.4 Å². The molecule has 0 aromatic heterocycles. The van der Waals surface area contributed by atoms with Crippen molar-refractivity contribution in [3.05, 3.63) is 29.8 Å². The highest BCUT2D eigenvalue weighted by atomic mass is 127. The summed E-state index contributed by atoms with van der Waals surface area (Å²) >= 11 is 0. The molecule has 6 nitrogen and oxygen atoms in total. The molecule has 0 bridgehead atoms. The second-order valence-corrected chi connectivity index (χ2v) is 5.15. The molecule has 0 saturated heterocycles. The van der Waals surface area contributed by atoms with Gasteiger partial charge in [0.25, 0.3) is 0 Å². The summed E-state index contributed by atoms with van der Waals surface area (Å²) in [5.41, 5.74) is 0.636. The van der Waals surface area contributed by atoms with Crippen LogP contribution in [-0.2, 0) is 16.0 Å². The van der Waals surface area contributed by atoms with Gasteiger partial charge in [0.05, 0.1) is 13.2 Å². The van der Waals surface area contributed by atoms with E-state index in [9.17, 15) is 8.78 Å². The van der Waals surface area contributed by atoms with Gasteiger partial charge in [0.15, 0.2) is 5.96 Å². The van der Waals surface area contributed by atoms with Crippen LogP contribution in [0.15, 0.2) is 29.3 Å². The molecule has 0 aliphatic heterocycles. The molecule has 0 amide bonds. The fraction of sp³-hybridized carbons (Fsp3) is 0.588. The lowest BCUT2D eigenvalue weighted by atomic mass is 10.2. The van der Waals surface area contributed by atoms with Gasteiger partial charge in [-0.25, -0.2) is 0 Å². The van der Waals surface area contributed by atoms with Crippen LogP contribution in [0.2, 0.25) is 0 Å². The normalized spacial score (nSPS) is 11.2. The van der Waals surface area contributed by atoms with Crippen LogP contribution in [0.5, 0.6) is 5.75 Å². The van der Waals surface area contributed by atoms with Crippen LogP contribution in [0.25, 0.3) is 0 Å². The Morgan fingerprint density at radius 2 is 1.88 bits per heavy atom. The van der Waals surface area contributed by atoms with E-state index in [1.54, 1.807) is 32.4 Å². The molecule has 0 unspecified atom stereocenters. The molecule has 150 valence electrons. The lowest BCUT2D eigenvalue weighted by Crippen LogP contribution is -2.37. The van der Waals surface area contributed by atoms with Gasteiger partial charge in [-0.15, -0.1) is 24.0 Å². The molecule has 2 N–H and O–H groups in total. The molecule has 0 heterocycles. The zero-order chi connectivity index (χ0) is 18.3. The number of alkyl halides is 2. The summed E-state index contributed by atoms with van der Waals surface area (Å²) in [4.78, 5) is 4.11. The third-order valence-electron chi connectivity index (χ3n) is 3.30. The minimum atomic E-state index is -2.84. The third kappa shape index (κ3) is 11.4. The highest BCUT2D eigenvalue weighted by Crippen LogP contribution is 2.19. The Labute approximate surface area is 170 Å². The highest BCUT2D eigenvalue weighted by molar-refractivity contribution is 14.0. The number of para-hydroxylation sites is 1. The molecule has 0 aliphatic carbocycles. The number of nitrogens with zero attached hydrogens (tertiary/aromatic N) is 1. The molecule has 0 radical (unpaired) electrons. The predicted molar refractivity (Wildman–Crippen MR) is 109 cm³/mol. The number of ether oxygens (including phenoxy) is 3. The first-order valence-corrected chi connectivity index (χ1v) is 8.21. The smallest absolute Gasteiger partial charge is 0.387 e. The van der Waals surface area contributed by atoms with Crippen LogP contribution < -0.4 is 15.4 Å². The minimum absolute atomic E-state index is 0. The molecule has 0 spiro atoms.